The number of rotatable bonds is 6. The molecule has 0 bridgehead atoms. The molecule has 2 atom stereocenters. The minimum atomic E-state index is -0.708. The normalized spacial score (nSPS) is 17.1. The Hall–Kier alpha value is -3.71. The van der Waals surface area contributed by atoms with E-state index in [0.29, 0.717) is 39.1 Å². The van der Waals surface area contributed by atoms with Gasteiger partial charge in [0.1, 0.15) is 5.75 Å². The maximum Gasteiger partial charge on any atom is 0.254 e. The lowest BCUT2D eigenvalue weighted by Gasteiger charge is -2.40. The van der Waals surface area contributed by atoms with Crippen LogP contribution in [0.4, 0.5) is 5.69 Å². The van der Waals surface area contributed by atoms with Gasteiger partial charge in [0.05, 0.1) is 39.0 Å². The van der Waals surface area contributed by atoms with Gasteiger partial charge in [0.25, 0.3) is 5.91 Å². The summed E-state index contributed by atoms with van der Waals surface area (Å²) in [6.07, 6.45) is 0. The molecule has 4 rings (SSSR count). The van der Waals surface area contributed by atoms with Gasteiger partial charge in [0, 0.05) is 17.6 Å². The highest BCUT2D eigenvalue weighted by Gasteiger charge is 2.43. The number of methoxy groups -OCH3 is 3. The van der Waals surface area contributed by atoms with Crippen molar-refractivity contribution in [2.75, 3.05) is 33.7 Å². The van der Waals surface area contributed by atoms with Gasteiger partial charge in [0.2, 0.25) is 5.91 Å². The average Bonchev–Trinajstić information content (AvgIpc) is 2.85. The monoisotopic (exact) mass is 480 g/mol. The van der Waals surface area contributed by atoms with Crippen molar-refractivity contribution in [2.45, 2.75) is 12.0 Å². The van der Waals surface area contributed by atoms with Crippen LogP contribution in [0.2, 0.25) is 5.02 Å². The molecule has 2 amide bonds. The first-order valence-electron chi connectivity index (χ1n) is 10.6. The molecule has 0 saturated carbocycles. The lowest BCUT2D eigenvalue weighted by Crippen LogP contribution is -2.44. The Bertz CT molecular complexity index is 1250. The van der Waals surface area contributed by atoms with Gasteiger partial charge >= 0.3 is 0 Å². The van der Waals surface area contributed by atoms with Crippen molar-refractivity contribution in [1.29, 1.82) is 0 Å². The van der Waals surface area contributed by atoms with Gasteiger partial charge in [-0.15, -0.1) is 0 Å². The highest BCUT2D eigenvalue weighted by atomic mass is 35.5. The Kier molecular flexibility index (Phi) is 6.65. The molecule has 0 fully saturated rings. The number of carbonyl (C=O) groups excluding carboxylic acids is 2. The predicted octanol–water partition coefficient (Wildman–Crippen LogP) is 4.92. The van der Waals surface area contributed by atoms with Crippen molar-refractivity contribution < 1.29 is 23.8 Å². The van der Waals surface area contributed by atoms with Crippen LogP contribution in [-0.4, -0.2) is 45.1 Å². The summed E-state index contributed by atoms with van der Waals surface area (Å²) >= 11 is 6.17. The predicted molar refractivity (Wildman–Crippen MR) is 130 cm³/mol. The minimum Gasteiger partial charge on any atom is -0.495 e. The molecule has 1 N–H and O–H groups in total. The van der Waals surface area contributed by atoms with E-state index in [2.05, 4.69) is 5.32 Å². The fourth-order valence-corrected chi connectivity index (χ4v) is 4.57. The molecule has 176 valence electrons. The molecule has 0 radical (unpaired) electrons. The number of amides is 2. The van der Waals surface area contributed by atoms with E-state index in [1.54, 1.807) is 68.6 Å². The molecule has 0 saturated heterocycles. The Labute approximate surface area is 203 Å². The SMILES string of the molecule is COc1ccc(Cl)cc1NC(=O)[C@@H]1c2ccccc2C(=O)N(C)[C@@H]1c1ccc(OC)c(OC)c1. The van der Waals surface area contributed by atoms with Crippen LogP contribution in [0, 0.1) is 0 Å². The maximum absolute atomic E-state index is 13.8. The molecular weight excluding hydrogens is 456 g/mol. The average molecular weight is 481 g/mol. The summed E-state index contributed by atoms with van der Waals surface area (Å²) in [5.41, 5.74) is 2.31. The summed E-state index contributed by atoms with van der Waals surface area (Å²) < 4.78 is 16.2. The first-order valence-corrected chi connectivity index (χ1v) is 11.0. The van der Waals surface area contributed by atoms with Gasteiger partial charge in [-0.1, -0.05) is 35.9 Å². The second-order valence-electron chi connectivity index (χ2n) is 7.87. The van der Waals surface area contributed by atoms with Crippen LogP contribution in [0.1, 0.15) is 33.4 Å². The molecular formula is C26H25ClN2O5. The van der Waals surface area contributed by atoms with Crippen LogP contribution in [0.5, 0.6) is 17.2 Å². The fourth-order valence-electron chi connectivity index (χ4n) is 4.40. The number of fused-ring (bicyclic) bond motifs is 1. The number of benzene rings is 3. The zero-order chi connectivity index (χ0) is 24.4. The second-order valence-corrected chi connectivity index (χ2v) is 8.31. The van der Waals surface area contributed by atoms with Gasteiger partial charge < -0.3 is 24.4 Å². The minimum absolute atomic E-state index is 0.167. The third-order valence-corrected chi connectivity index (χ3v) is 6.27. The van der Waals surface area contributed by atoms with Gasteiger partial charge in [-0.2, -0.15) is 0 Å². The Morgan fingerprint density at radius 1 is 0.912 bits per heavy atom. The standard InChI is InChI=1S/C26H25ClN2O5/c1-29-24(15-9-11-21(33-3)22(13-15)34-4)23(17-7-5-6-8-18(17)26(29)31)25(30)28-19-14-16(27)10-12-20(19)32-2/h5-14,23-24H,1-4H3,(H,28,30)/t23-,24-/m1/s1. The summed E-state index contributed by atoms with van der Waals surface area (Å²) in [7, 11) is 6.31. The lowest BCUT2D eigenvalue weighted by atomic mass is 9.79. The number of hydrogen-bond acceptors (Lipinski definition) is 5. The molecule has 1 aliphatic rings. The quantitative estimate of drug-likeness (QED) is 0.542. The molecule has 7 nitrogen and oxygen atoms in total. The molecule has 0 spiro atoms. The molecule has 1 heterocycles. The second kappa shape index (κ2) is 9.65. The molecule has 0 aliphatic carbocycles. The summed E-state index contributed by atoms with van der Waals surface area (Å²) in [5, 5.41) is 3.42. The van der Waals surface area contributed by atoms with E-state index in [1.165, 1.54) is 7.11 Å². The van der Waals surface area contributed by atoms with Crippen molar-refractivity contribution in [1.82, 2.24) is 4.90 Å². The molecule has 34 heavy (non-hydrogen) atoms. The topological polar surface area (TPSA) is 77.1 Å². The van der Waals surface area contributed by atoms with Crippen molar-refractivity contribution in [2.24, 2.45) is 0 Å². The fraction of sp³-hybridized carbons (Fsp3) is 0.231. The number of nitrogens with one attached hydrogen (secondary N) is 1. The number of hydrogen-bond donors (Lipinski definition) is 1. The third kappa shape index (κ3) is 4.15. The van der Waals surface area contributed by atoms with E-state index in [1.807, 2.05) is 18.2 Å². The Morgan fingerprint density at radius 2 is 1.59 bits per heavy atom. The van der Waals surface area contributed by atoms with Crippen LogP contribution < -0.4 is 19.5 Å². The van der Waals surface area contributed by atoms with Crippen molar-refractivity contribution in [3.05, 3.63) is 82.4 Å². The summed E-state index contributed by atoms with van der Waals surface area (Å²) in [6, 6.07) is 17.0. The first-order chi connectivity index (χ1) is 16.4. The van der Waals surface area contributed by atoms with Gasteiger partial charge in [-0.3, -0.25) is 9.59 Å². The molecule has 8 heteroatoms. The first kappa shape index (κ1) is 23.4. The summed E-state index contributed by atoms with van der Waals surface area (Å²) in [6.45, 7) is 0. The van der Waals surface area contributed by atoms with E-state index in [4.69, 9.17) is 25.8 Å². The van der Waals surface area contributed by atoms with E-state index >= 15 is 0 Å². The molecule has 0 aromatic heterocycles. The highest BCUT2D eigenvalue weighted by Crippen LogP contribution is 2.44. The third-order valence-electron chi connectivity index (χ3n) is 6.03. The zero-order valence-corrected chi connectivity index (χ0v) is 20.1. The van der Waals surface area contributed by atoms with E-state index < -0.39 is 12.0 Å². The molecule has 0 unspecified atom stereocenters. The zero-order valence-electron chi connectivity index (χ0n) is 19.3. The van der Waals surface area contributed by atoms with E-state index in [0.717, 1.165) is 5.56 Å². The summed E-state index contributed by atoms with van der Waals surface area (Å²) in [5.74, 6) is 0.373. The number of nitrogens with zero attached hydrogens (tertiary/aromatic N) is 1. The lowest BCUT2D eigenvalue weighted by molar-refractivity contribution is -0.119. The summed E-state index contributed by atoms with van der Waals surface area (Å²) in [4.78, 5) is 28.7. The Morgan fingerprint density at radius 3 is 2.29 bits per heavy atom. The number of likely N-dealkylation sites (N-methyl/N-ethyl adjacent to an activating group) is 1. The largest absolute Gasteiger partial charge is 0.495 e. The smallest absolute Gasteiger partial charge is 0.254 e. The van der Waals surface area contributed by atoms with Crippen LogP contribution >= 0.6 is 11.6 Å². The molecule has 3 aromatic carbocycles. The van der Waals surface area contributed by atoms with Gasteiger partial charge in [-0.25, -0.2) is 0 Å². The van der Waals surface area contributed by atoms with Crippen molar-refractivity contribution in [3.63, 3.8) is 0 Å². The van der Waals surface area contributed by atoms with E-state index in [-0.39, 0.29) is 11.8 Å². The number of ether oxygens (including phenoxy) is 3. The molecule has 3 aromatic rings. The van der Waals surface area contributed by atoms with Crippen molar-refractivity contribution in [3.8, 4) is 17.2 Å². The molecule has 1 aliphatic heterocycles. The maximum atomic E-state index is 13.8. The van der Waals surface area contributed by atoms with Gasteiger partial charge in [-0.05, 0) is 47.5 Å². The highest BCUT2D eigenvalue weighted by molar-refractivity contribution is 6.31. The van der Waals surface area contributed by atoms with E-state index in [9.17, 15) is 9.59 Å². The number of carbonyl (C=O) groups is 2. The number of halogens is 1. The van der Waals surface area contributed by atoms with Crippen LogP contribution in [-0.2, 0) is 4.79 Å². The van der Waals surface area contributed by atoms with Crippen LogP contribution in [0.25, 0.3) is 0 Å². The number of anilines is 1. The van der Waals surface area contributed by atoms with Crippen LogP contribution in [0.3, 0.4) is 0 Å². The Balaban J connectivity index is 1.84. The van der Waals surface area contributed by atoms with Crippen LogP contribution in [0.15, 0.2) is 60.7 Å². The van der Waals surface area contributed by atoms with Gasteiger partial charge in [0.15, 0.2) is 11.5 Å². The van der Waals surface area contributed by atoms with Crippen molar-refractivity contribution >= 4 is 29.1 Å².